The molecule has 0 aromatic heterocycles. The van der Waals surface area contributed by atoms with Gasteiger partial charge >= 0.3 is 12.1 Å². The monoisotopic (exact) mass is 459 g/mol. The Kier molecular flexibility index (Phi) is 5.54. The van der Waals surface area contributed by atoms with Gasteiger partial charge in [-0.3, -0.25) is 9.69 Å². The molecule has 29 heavy (non-hydrogen) atoms. The number of aliphatic carboxylic acids is 1. The number of ether oxygens (including phenoxy) is 1. The molecule has 7 heteroatoms. The van der Waals surface area contributed by atoms with Crippen LogP contribution in [0.2, 0.25) is 0 Å². The maximum atomic E-state index is 13.0. The quantitative estimate of drug-likeness (QED) is 0.660. The van der Waals surface area contributed by atoms with Crippen molar-refractivity contribution in [2.24, 2.45) is 0 Å². The van der Waals surface area contributed by atoms with Gasteiger partial charge in [-0.15, -0.1) is 0 Å². The highest BCUT2D eigenvalue weighted by atomic mass is 79.9. The Bertz CT molecular complexity index is 964. The van der Waals surface area contributed by atoms with Crippen molar-refractivity contribution in [2.75, 3.05) is 4.90 Å². The summed E-state index contributed by atoms with van der Waals surface area (Å²) in [4.78, 5) is 39.6. The fourth-order valence-electron chi connectivity index (χ4n) is 3.48. The van der Waals surface area contributed by atoms with E-state index in [4.69, 9.17) is 4.74 Å². The highest BCUT2D eigenvalue weighted by Gasteiger charge is 2.55. The van der Waals surface area contributed by atoms with Crippen LogP contribution in [-0.2, 0) is 16.0 Å². The number of Topliss-reactive ketones (excluding diaryl/α,β-unsaturated/α-hetero) is 1. The van der Waals surface area contributed by atoms with E-state index in [9.17, 15) is 19.5 Å². The summed E-state index contributed by atoms with van der Waals surface area (Å²) in [6.45, 7) is 5.13. The van der Waals surface area contributed by atoms with Gasteiger partial charge in [0.05, 0.1) is 5.69 Å². The van der Waals surface area contributed by atoms with Crippen molar-refractivity contribution in [3.05, 3.63) is 64.1 Å². The van der Waals surface area contributed by atoms with Gasteiger partial charge in [-0.2, -0.15) is 0 Å². The van der Waals surface area contributed by atoms with Crippen LogP contribution in [0.15, 0.2) is 53.0 Å². The molecule has 0 radical (unpaired) electrons. The lowest BCUT2D eigenvalue weighted by molar-refractivity contribution is -0.143. The Labute approximate surface area is 177 Å². The van der Waals surface area contributed by atoms with Crippen molar-refractivity contribution in [3.8, 4) is 0 Å². The number of rotatable bonds is 4. The summed E-state index contributed by atoms with van der Waals surface area (Å²) >= 11 is 3.32. The number of benzene rings is 2. The zero-order valence-corrected chi connectivity index (χ0v) is 18.0. The van der Waals surface area contributed by atoms with Crippen molar-refractivity contribution in [1.29, 1.82) is 0 Å². The van der Waals surface area contributed by atoms with Crippen LogP contribution in [0.3, 0.4) is 0 Å². The van der Waals surface area contributed by atoms with Crippen LogP contribution >= 0.6 is 15.9 Å². The summed E-state index contributed by atoms with van der Waals surface area (Å²) in [5.74, 6) is -1.61. The first-order chi connectivity index (χ1) is 13.5. The molecule has 1 atom stereocenters. The molecule has 0 aliphatic carbocycles. The molecule has 0 saturated carbocycles. The van der Waals surface area contributed by atoms with Crippen LogP contribution in [-0.4, -0.2) is 34.1 Å². The van der Waals surface area contributed by atoms with E-state index in [1.165, 1.54) is 0 Å². The number of hydrogen-bond donors (Lipinski definition) is 1. The molecule has 0 fully saturated rings. The van der Waals surface area contributed by atoms with Crippen molar-refractivity contribution < 1.29 is 24.2 Å². The van der Waals surface area contributed by atoms with Gasteiger partial charge in [0, 0.05) is 22.9 Å². The summed E-state index contributed by atoms with van der Waals surface area (Å²) in [7, 11) is 0. The van der Waals surface area contributed by atoms with Gasteiger partial charge in [0.25, 0.3) is 0 Å². The number of carbonyl (C=O) groups excluding carboxylic acids is 2. The lowest BCUT2D eigenvalue weighted by atomic mass is 9.86. The summed E-state index contributed by atoms with van der Waals surface area (Å²) < 4.78 is 6.30. The Hall–Kier alpha value is -2.67. The number of hydrogen-bond acceptors (Lipinski definition) is 4. The van der Waals surface area contributed by atoms with Crippen LogP contribution in [0.1, 0.15) is 43.1 Å². The Morgan fingerprint density at radius 1 is 1.10 bits per heavy atom. The van der Waals surface area contributed by atoms with Gasteiger partial charge in [0.1, 0.15) is 5.60 Å². The van der Waals surface area contributed by atoms with Crippen molar-refractivity contribution in [3.63, 3.8) is 0 Å². The molecule has 0 bridgehead atoms. The van der Waals surface area contributed by atoms with E-state index in [1.54, 1.807) is 69.3 Å². The Morgan fingerprint density at radius 2 is 1.72 bits per heavy atom. The molecule has 0 saturated heterocycles. The maximum absolute atomic E-state index is 13.0. The number of fused-ring (bicyclic) bond motifs is 1. The third-order valence-corrected chi connectivity index (χ3v) is 5.27. The molecular weight excluding hydrogens is 438 g/mol. The standard InChI is InChI=1S/C22H22BrNO5/c1-21(2,3)29-20(28)24-17-7-5-4-6-15(17)12-22(24,19(26)27)13-18(25)14-8-10-16(23)11-9-14/h4-11H,12-13H2,1-3H3,(H,26,27)/t22-/m1/s1. The molecule has 1 N–H and O–H groups in total. The number of carboxylic acid groups (broad SMARTS) is 1. The fraction of sp³-hybridized carbons (Fsp3) is 0.318. The second kappa shape index (κ2) is 7.63. The van der Waals surface area contributed by atoms with Crippen LogP contribution in [0, 0.1) is 0 Å². The summed E-state index contributed by atoms with van der Waals surface area (Å²) in [6, 6.07) is 13.6. The lowest BCUT2D eigenvalue weighted by Crippen LogP contribution is -2.58. The van der Waals surface area contributed by atoms with E-state index in [0.29, 0.717) is 16.8 Å². The van der Waals surface area contributed by atoms with Gasteiger partial charge in [0.2, 0.25) is 0 Å². The number of carbonyl (C=O) groups is 3. The number of para-hydroxylation sites is 1. The van der Waals surface area contributed by atoms with E-state index >= 15 is 0 Å². The van der Waals surface area contributed by atoms with E-state index in [-0.39, 0.29) is 18.6 Å². The van der Waals surface area contributed by atoms with E-state index in [0.717, 1.165) is 9.37 Å². The van der Waals surface area contributed by atoms with Crippen molar-refractivity contribution in [1.82, 2.24) is 0 Å². The lowest BCUT2D eigenvalue weighted by Gasteiger charge is -2.35. The number of amides is 1. The molecule has 152 valence electrons. The fourth-order valence-corrected chi connectivity index (χ4v) is 3.74. The molecule has 1 amide bonds. The largest absolute Gasteiger partial charge is 0.479 e. The minimum Gasteiger partial charge on any atom is -0.479 e. The highest BCUT2D eigenvalue weighted by molar-refractivity contribution is 9.10. The van der Waals surface area contributed by atoms with Gasteiger partial charge in [0.15, 0.2) is 11.3 Å². The second-order valence-corrected chi connectivity index (χ2v) is 8.98. The molecule has 0 unspecified atom stereocenters. The molecule has 3 rings (SSSR count). The summed E-state index contributed by atoms with van der Waals surface area (Å²) in [6.07, 6.45) is -1.12. The molecule has 2 aromatic rings. The van der Waals surface area contributed by atoms with Crippen LogP contribution < -0.4 is 4.90 Å². The number of carboxylic acids is 1. The predicted molar refractivity (Wildman–Crippen MR) is 112 cm³/mol. The molecule has 1 aliphatic rings. The smallest absolute Gasteiger partial charge is 0.415 e. The van der Waals surface area contributed by atoms with Crippen LogP contribution in [0.5, 0.6) is 0 Å². The van der Waals surface area contributed by atoms with Gasteiger partial charge in [-0.25, -0.2) is 9.59 Å². The topological polar surface area (TPSA) is 83.9 Å². The first-order valence-electron chi connectivity index (χ1n) is 9.17. The SMILES string of the molecule is CC(C)(C)OC(=O)N1c2ccccc2C[C@@]1(CC(=O)c1ccc(Br)cc1)C(=O)O. The third-order valence-electron chi connectivity index (χ3n) is 4.74. The average Bonchev–Trinajstić information content (AvgIpc) is 2.95. The van der Waals surface area contributed by atoms with Crippen LogP contribution in [0.4, 0.5) is 10.5 Å². The zero-order chi connectivity index (χ0) is 21.4. The molecule has 1 aliphatic heterocycles. The third kappa shape index (κ3) is 4.19. The summed E-state index contributed by atoms with van der Waals surface area (Å²) in [5, 5.41) is 10.2. The molecule has 0 spiro atoms. The van der Waals surface area contributed by atoms with Crippen LogP contribution in [0.25, 0.3) is 0 Å². The van der Waals surface area contributed by atoms with E-state index in [1.807, 2.05) is 0 Å². The first-order valence-corrected chi connectivity index (χ1v) is 9.96. The van der Waals surface area contributed by atoms with Crippen molar-refractivity contribution in [2.45, 2.75) is 44.8 Å². The van der Waals surface area contributed by atoms with E-state index in [2.05, 4.69) is 15.9 Å². The minimum atomic E-state index is -1.75. The van der Waals surface area contributed by atoms with Gasteiger partial charge < -0.3 is 9.84 Å². The molecule has 1 heterocycles. The Balaban J connectivity index is 2.05. The van der Waals surface area contributed by atoms with Gasteiger partial charge in [-0.05, 0) is 44.5 Å². The number of ketones is 1. The normalized spacial score (nSPS) is 18.3. The average molecular weight is 460 g/mol. The van der Waals surface area contributed by atoms with Gasteiger partial charge in [-0.1, -0.05) is 46.3 Å². The first kappa shape index (κ1) is 21.0. The highest BCUT2D eigenvalue weighted by Crippen LogP contribution is 2.42. The van der Waals surface area contributed by atoms with E-state index < -0.39 is 23.2 Å². The Morgan fingerprint density at radius 3 is 2.31 bits per heavy atom. The predicted octanol–water partition coefficient (Wildman–Crippen LogP) is 4.84. The number of anilines is 1. The second-order valence-electron chi connectivity index (χ2n) is 8.06. The number of halogens is 1. The molecular formula is C22H22BrNO5. The zero-order valence-electron chi connectivity index (χ0n) is 16.4. The molecule has 2 aromatic carbocycles. The molecule has 6 nitrogen and oxygen atoms in total. The van der Waals surface area contributed by atoms with Crippen molar-refractivity contribution >= 4 is 39.5 Å². The maximum Gasteiger partial charge on any atom is 0.415 e. The summed E-state index contributed by atoms with van der Waals surface area (Å²) in [5.41, 5.74) is -1.05. The minimum absolute atomic E-state index is 0.0278. The number of nitrogens with zero attached hydrogens (tertiary/aromatic N) is 1.